The first-order valence-electron chi connectivity index (χ1n) is 5.97. The number of benzene rings is 1. The maximum Gasteiger partial charge on any atom is 0.149 e. The van der Waals surface area contributed by atoms with Crippen LogP contribution in [0, 0.1) is 12.7 Å². The van der Waals surface area contributed by atoms with Gasteiger partial charge < -0.3 is 10.1 Å². The quantitative estimate of drug-likeness (QED) is 0.905. The molecule has 1 heterocycles. The molecule has 96 valence electrons. The fourth-order valence-corrected chi connectivity index (χ4v) is 2.28. The molecule has 0 aliphatic rings. The summed E-state index contributed by atoms with van der Waals surface area (Å²) in [5.74, 6) is 0.311. The summed E-state index contributed by atoms with van der Waals surface area (Å²) in [7, 11) is 3.40. The van der Waals surface area contributed by atoms with Gasteiger partial charge in [0, 0.05) is 12.7 Å². The number of pyridine rings is 1. The maximum atomic E-state index is 13.9. The van der Waals surface area contributed by atoms with Crippen LogP contribution in [0.4, 0.5) is 10.1 Å². The van der Waals surface area contributed by atoms with E-state index in [1.54, 1.807) is 13.2 Å². The SMILES string of the molecule is CCc1nc2c(F)ccc(OC)c2c(NC)c1C. The Kier molecular flexibility index (Phi) is 3.36. The van der Waals surface area contributed by atoms with Gasteiger partial charge in [-0.3, -0.25) is 0 Å². The monoisotopic (exact) mass is 248 g/mol. The molecule has 0 fully saturated rings. The van der Waals surface area contributed by atoms with Crippen LogP contribution in [0.2, 0.25) is 0 Å². The van der Waals surface area contributed by atoms with Crippen LogP contribution >= 0.6 is 0 Å². The Hall–Kier alpha value is -1.84. The zero-order valence-electron chi connectivity index (χ0n) is 11.1. The van der Waals surface area contributed by atoms with Crippen molar-refractivity contribution in [3.05, 3.63) is 29.2 Å². The number of aromatic nitrogens is 1. The molecule has 0 radical (unpaired) electrons. The third kappa shape index (κ3) is 1.78. The van der Waals surface area contributed by atoms with Gasteiger partial charge in [-0.25, -0.2) is 9.37 Å². The zero-order chi connectivity index (χ0) is 13.3. The van der Waals surface area contributed by atoms with Gasteiger partial charge in [0.2, 0.25) is 0 Å². The van der Waals surface area contributed by atoms with Crippen LogP contribution in [0.25, 0.3) is 10.9 Å². The highest BCUT2D eigenvalue weighted by Gasteiger charge is 2.16. The van der Waals surface area contributed by atoms with Gasteiger partial charge in [-0.05, 0) is 31.0 Å². The van der Waals surface area contributed by atoms with Gasteiger partial charge in [0.1, 0.15) is 17.1 Å². The predicted molar refractivity (Wildman–Crippen MR) is 71.9 cm³/mol. The Labute approximate surface area is 106 Å². The second-order valence-corrected chi connectivity index (χ2v) is 4.14. The third-order valence-electron chi connectivity index (χ3n) is 3.20. The number of nitrogens with one attached hydrogen (secondary N) is 1. The number of methoxy groups -OCH3 is 1. The van der Waals surface area contributed by atoms with Gasteiger partial charge in [0.25, 0.3) is 0 Å². The van der Waals surface area contributed by atoms with E-state index < -0.39 is 0 Å². The van der Waals surface area contributed by atoms with Crippen LogP contribution in [-0.2, 0) is 6.42 Å². The smallest absolute Gasteiger partial charge is 0.149 e. The van der Waals surface area contributed by atoms with Crippen molar-refractivity contribution in [3.8, 4) is 5.75 Å². The number of halogens is 1. The summed E-state index contributed by atoms with van der Waals surface area (Å²) >= 11 is 0. The lowest BCUT2D eigenvalue weighted by molar-refractivity contribution is 0.419. The summed E-state index contributed by atoms with van der Waals surface area (Å²) in [5.41, 5.74) is 3.18. The van der Waals surface area contributed by atoms with E-state index in [0.29, 0.717) is 16.7 Å². The van der Waals surface area contributed by atoms with E-state index in [1.165, 1.54) is 6.07 Å². The Morgan fingerprint density at radius 1 is 1.39 bits per heavy atom. The first kappa shape index (κ1) is 12.6. The van der Waals surface area contributed by atoms with E-state index in [0.717, 1.165) is 23.4 Å². The number of hydrogen-bond acceptors (Lipinski definition) is 3. The number of ether oxygens (including phenoxy) is 1. The van der Waals surface area contributed by atoms with Crippen molar-refractivity contribution < 1.29 is 9.13 Å². The van der Waals surface area contributed by atoms with Crippen molar-refractivity contribution in [3.63, 3.8) is 0 Å². The van der Waals surface area contributed by atoms with Crippen LogP contribution in [-0.4, -0.2) is 19.1 Å². The van der Waals surface area contributed by atoms with E-state index in [2.05, 4.69) is 10.3 Å². The van der Waals surface area contributed by atoms with E-state index in [4.69, 9.17) is 4.74 Å². The summed E-state index contributed by atoms with van der Waals surface area (Å²) < 4.78 is 19.2. The molecule has 4 heteroatoms. The van der Waals surface area contributed by atoms with E-state index in [-0.39, 0.29) is 5.82 Å². The topological polar surface area (TPSA) is 34.1 Å². The van der Waals surface area contributed by atoms with E-state index >= 15 is 0 Å². The lowest BCUT2D eigenvalue weighted by Gasteiger charge is -2.15. The predicted octanol–water partition coefficient (Wildman–Crippen LogP) is 3.30. The van der Waals surface area contributed by atoms with Crippen molar-refractivity contribution in [2.45, 2.75) is 20.3 Å². The molecular weight excluding hydrogens is 231 g/mol. The molecule has 18 heavy (non-hydrogen) atoms. The van der Waals surface area contributed by atoms with Gasteiger partial charge in [0.05, 0.1) is 18.2 Å². The molecule has 0 bridgehead atoms. The molecule has 2 rings (SSSR count). The van der Waals surface area contributed by atoms with Crippen molar-refractivity contribution in [1.82, 2.24) is 4.98 Å². The maximum absolute atomic E-state index is 13.9. The molecule has 0 spiro atoms. The first-order chi connectivity index (χ1) is 8.63. The molecule has 0 aliphatic heterocycles. The van der Waals surface area contributed by atoms with Crippen LogP contribution in [0.1, 0.15) is 18.2 Å². The normalized spacial score (nSPS) is 10.7. The summed E-state index contributed by atoms with van der Waals surface area (Å²) in [6, 6.07) is 3.02. The van der Waals surface area contributed by atoms with E-state index in [9.17, 15) is 4.39 Å². The highest BCUT2D eigenvalue weighted by molar-refractivity contribution is 5.98. The Morgan fingerprint density at radius 2 is 2.11 bits per heavy atom. The zero-order valence-corrected chi connectivity index (χ0v) is 11.1. The molecule has 0 aliphatic carbocycles. The largest absolute Gasteiger partial charge is 0.496 e. The highest BCUT2D eigenvalue weighted by Crippen LogP contribution is 2.36. The molecule has 0 saturated heterocycles. The molecular formula is C14H17FN2O. The average molecular weight is 248 g/mol. The van der Waals surface area contributed by atoms with Crippen LogP contribution in [0.15, 0.2) is 12.1 Å². The second kappa shape index (κ2) is 4.80. The molecule has 1 N–H and O–H groups in total. The third-order valence-corrected chi connectivity index (χ3v) is 3.20. The molecule has 0 atom stereocenters. The fraction of sp³-hybridized carbons (Fsp3) is 0.357. The van der Waals surface area contributed by atoms with Gasteiger partial charge in [-0.15, -0.1) is 0 Å². The highest BCUT2D eigenvalue weighted by atomic mass is 19.1. The number of nitrogens with zero attached hydrogens (tertiary/aromatic N) is 1. The number of fused-ring (bicyclic) bond motifs is 1. The van der Waals surface area contributed by atoms with Gasteiger partial charge >= 0.3 is 0 Å². The van der Waals surface area contributed by atoms with Gasteiger partial charge in [-0.2, -0.15) is 0 Å². The van der Waals surface area contributed by atoms with Gasteiger partial charge in [0.15, 0.2) is 0 Å². The Balaban J connectivity index is 2.96. The number of hydrogen-bond donors (Lipinski definition) is 1. The van der Waals surface area contributed by atoms with E-state index in [1.807, 2.05) is 20.9 Å². The van der Waals surface area contributed by atoms with Crippen molar-refractivity contribution in [1.29, 1.82) is 0 Å². The Bertz CT molecular complexity index is 596. The molecule has 1 aromatic heterocycles. The number of aryl methyl sites for hydroxylation is 1. The van der Waals surface area contributed by atoms with Crippen molar-refractivity contribution in [2.75, 3.05) is 19.5 Å². The van der Waals surface area contributed by atoms with Crippen LogP contribution < -0.4 is 10.1 Å². The minimum Gasteiger partial charge on any atom is -0.496 e. The molecule has 0 saturated carbocycles. The first-order valence-corrected chi connectivity index (χ1v) is 5.97. The van der Waals surface area contributed by atoms with Crippen molar-refractivity contribution >= 4 is 16.6 Å². The molecule has 1 aromatic carbocycles. The molecule has 3 nitrogen and oxygen atoms in total. The lowest BCUT2D eigenvalue weighted by Crippen LogP contribution is -2.03. The average Bonchev–Trinajstić information content (AvgIpc) is 2.39. The molecule has 0 unspecified atom stereocenters. The summed E-state index contributed by atoms with van der Waals surface area (Å²) in [6.45, 7) is 4.00. The standard InChI is InChI=1S/C14H17FN2O/c1-5-10-8(2)13(16-3)12-11(18-4)7-6-9(15)14(12)17-10/h6-7H,5H2,1-4H3,(H,16,17). The lowest BCUT2D eigenvalue weighted by atomic mass is 10.0. The van der Waals surface area contributed by atoms with Crippen LogP contribution in [0.3, 0.4) is 0 Å². The fourth-order valence-electron chi connectivity index (χ4n) is 2.28. The summed E-state index contributed by atoms with van der Waals surface area (Å²) in [5, 5.41) is 3.83. The molecule has 2 aromatic rings. The Morgan fingerprint density at radius 3 is 2.67 bits per heavy atom. The summed E-state index contributed by atoms with van der Waals surface area (Å²) in [6.07, 6.45) is 0.771. The molecule has 0 amide bonds. The van der Waals surface area contributed by atoms with Crippen molar-refractivity contribution in [2.24, 2.45) is 0 Å². The summed E-state index contributed by atoms with van der Waals surface area (Å²) in [4.78, 5) is 4.42. The second-order valence-electron chi connectivity index (χ2n) is 4.14. The minimum absolute atomic E-state index is 0.322. The number of rotatable bonds is 3. The number of anilines is 1. The minimum atomic E-state index is -0.322. The van der Waals surface area contributed by atoms with Gasteiger partial charge in [-0.1, -0.05) is 6.92 Å². The van der Waals surface area contributed by atoms with Crippen LogP contribution in [0.5, 0.6) is 5.75 Å².